The molecule has 0 saturated carbocycles. The maximum absolute atomic E-state index is 13.4. The zero-order valence-corrected chi connectivity index (χ0v) is 19.5. The predicted molar refractivity (Wildman–Crippen MR) is 118 cm³/mol. The highest BCUT2D eigenvalue weighted by atomic mass is 32.2. The van der Waals surface area contributed by atoms with Gasteiger partial charge >= 0.3 is 6.18 Å². The molecule has 1 unspecified atom stereocenters. The van der Waals surface area contributed by atoms with Crippen molar-refractivity contribution in [2.24, 2.45) is 7.05 Å². The molecule has 2 aromatic heterocycles. The molecule has 3 heterocycles. The molecule has 35 heavy (non-hydrogen) atoms. The molecule has 1 saturated heterocycles. The van der Waals surface area contributed by atoms with Crippen molar-refractivity contribution in [2.75, 3.05) is 25.4 Å². The van der Waals surface area contributed by atoms with E-state index < -0.39 is 34.0 Å². The van der Waals surface area contributed by atoms with Crippen molar-refractivity contribution in [3.8, 4) is 11.3 Å². The van der Waals surface area contributed by atoms with Gasteiger partial charge in [-0.15, -0.1) is 0 Å². The Morgan fingerprint density at radius 1 is 1.23 bits per heavy atom. The van der Waals surface area contributed by atoms with Gasteiger partial charge in [-0.3, -0.25) is 4.68 Å². The lowest BCUT2D eigenvalue weighted by atomic mass is 9.90. The number of aryl methyl sites for hydroxylation is 2. The van der Waals surface area contributed by atoms with E-state index in [1.54, 1.807) is 14.0 Å². The number of halogens is 3. The maximum atomic E-state index is 13.4. The van der Waals surface area contributed by atoms with E-state index in [1.807, 2.05) is 0 Å². The van der Waals surface area contributed by atoms with Crippen molar-refractivity contribution in [2.45, 2.75) is 29.6 Å². The van der Waals surface area contributed by atoms with Crippen molar-refractivity contribution in [3.05, 3.63) is 53.5 Å². The van der Waals surface area contributed by atoms with Crippen molar-refractivity contribution in [1.82, 2.24) is 24.1 Å². The lowest BCUT2D eigenvalue weighted by molar-refractivity contribution is -0.277. The molecule has 188 valence electrons. The molecule has 3 aromatic rings. The van der Waals surface area contributed by atoms with Crippen molar-refractivity contribution in [3.63, 3.8) is 0 Å². The molecular formula is C21H23F3N6O4S. The Kier molecular flexibility index (Phi) is 6.12. The second-order valence-electron chi connectivity index (χ2n) is 8.42. The molecule has 0 aliphatic carbocycles. The Morgan fingerprint density at radius 3 is 2.49 bits per heavy atom. The molecule has 4 N–H and O–H groups in total. The topological polar surface area (TPSA) is 147 Å². The predicted octanol–water partition coefficient (Wildman–Crippen LogP) is 1.30. The second kappa shape index (κ2) is 8.55. The Morgan fingerprint density at radius 2 is 1.91 bits per heavy atom. The lowest BCUT2D eigenvalue weighted by Crippen LogP contribution is -2.49. The van der Waals surface area contributed by atoms with Crippen LogP contribution in [0, 0.1) is 6.92 Å². The number of rotatable bonds is 6. The number of aromatic nitrogens is 4. The molecule has 1 fully saturated rings. The molecule has 1 aliphatic heterocycles. The van der Waals surface area contributed by atoms with Gasteiger partial charge in [-0.2, -0.15) is 22.6 Å². The number of anilines is 1. The summed E-state index contributed by atoms with van der Waals surface area (Å²) in [4.78, 5) is 8.58. The summed E-state index contributed by atoms with van der Waals surface area (Å²) in [5.74, 6) is -0.307. The van der Waals surface area contributed by atoms with Gasteiger partial charge < -0.3 is 15.9 Å². The van der Waals surface area contributed by atoms with E-state index in [-0.39, 0.29) is 41.1 Å². The fourth-order valence-electron chi connectivity index (χ4n) is 3.81. The van der Waals surface area contributed by atoms with E-state index in [1.165, 1.54) is 33.5 Å². The lowest BCUT2D eigenvalue weighted by Gasteiger charge is -2.37. The summed E-state index contributed by atoms with van der Waals surface area (Å²) in [5, 5.41) is 23.3. The fraction of sp³-hybridized carbons (Fsp3) is 0.381. The Hall–Kier alpha value is -3.07. The van der Waals surface area contributed by atoms with E-state index in [9.17, 15) is 31.8 Å². The van der Waals surface area contributed by atoms with Gasteiger partial charge in [0.15, 0.2) is 5.03 Å². The summed E-state index contributed by atoms with van der Waals surface area (Å²) in [6, 6.07) is 4.95. The van der Waals surface area contributed by atoms with Crippen LogP contribution in [0.5, 0.6) is 0 Å². The Labute approximate surface area is 198 Å². The van der Waals surface area contributed by atoms with Crippen molar-refractivity contribution in [1.29, 1.82) is 0 Å². The summed E-state index contributed by atoms with van der Waals surface area (Å²) < 4.78 is 68.4. The van der Waals surface area contributed by atoms with Crippen molar-refractivity contribution >= 4 is 15.8 Å². The van der Waals surface area contributed by atoms with Gasteiger partial charge in [-0.05, 0) is 30.2 Å². The summed E-state index contributed by atoms with van der Waals surface area (Å²) in [6.07, 6.45) is -2.30. The highest BCUT2D eigenvalue weighted by Gasteiger charge is 2.55. The van der Waals surface area contributed by atoms with Gasteiger partial charge in [0, 0.05) is 37.8 Å². The standard InChI is InChI=1S/C21H23F3N6O4S/c1-12-3-4-14(20(32,11-31)21(22,23)24)7-15(12)16-8-26-19(25)18(27-16)13-9-30(10-13)35(33,34)17-5-6-29(2)28-17/h3-8,13,31-32H,9-11H2,1-2H3,(H2,25,26). The first-order valence-electron chi connectivity index (χ1n) is 10.4. The summed E-state index contributed by atoms with van der Waals surface area (Å²) in [5.41, 5.74) is 3.30. The number of sulfonamides is 1. The normalized spacial score (nSPS) is 17.2. The first-order chi connectivity index (χ1) is 16.3. The molecular weight excluding hydrogens is 489 g/mol. The average Bonchev–Trinajstić information content (AvgIpc) is 3.20. The number of alkyl halides is 3. The van der Waals surface area contributed by atoms with Crippen LogP contribution in [0.4, 0.5) is 19.0 Å². The minimum Gasteiger partial charge on any atom is -0.393 e. The van der Waals surface area contributed by atoms with Gasteiger partial charge in [0.05, 0.1) is 24.2 Å². The Balaban J connectivity index is 1.64. The highest BCUT2D eigenvalue weighted by molar-refractivity contribution is 7.89. The number of nitrogens with zero attached hydrogens (tertiary/aromatic N) is 5. The fourth-order valence-corrected chi connectivity index (χ4v) is 5.30. The smallest absolute Gasteiger partial charge is 0.393 e. The number of aliphatic hydroxyl groups is 2. The van der Waals surface area contributed by atoms with Crippen LogP contribution in [-0.2, 0) is 22.7 Å². The van der Waals surface area contributed by atoms with Gasteiger partial charge in [0.25, 0.3) is 10.0 Å². The zero-order valence-electron chi connectivity index (χ0n) is 18.7. The summed E-state index contributed by atoms with van der Waals surface area (Å²) in [6.45, 7) is 0.254. The van der Waals surface area contributed by atoms with Gasteiger partial charge in [0.1, 0.15) is 5.82 Å². The van der Waals surface area contributed by atoms with Gasteiger partial charge in [-0.25, -0.2) is 18.4 Å². The number of hydrogen-bond donors (Lipinski definition) is 3. The first kappa shape index (κ1) is 25.0. The van der Waals surface area contributed by atoms with Crippen molar-refractivity contribution < 1.29 is 31.8 Å². The van der Waals surface area contributed by atoms with E-state index in [0.717, 1.165) is 12.1 Å². The monoisotopic (exact) mass is 512 g/mol. The highest BCUT2D eigenvalue weighted by Crippen LogP contribution is 2.40. The van der Waals surface area contributed by atoms with Crippen LogP contribution >= 0.6 is 0 Å². The largest absolute Gasteiger partial charge is 0.423 e. The third-order valence-corrected chi connectivity index (χ3v) is 7.77. The van der Waals surface area contributed by atoms with Crippen LogP contribution in [0.3, 0.4) is 0 Å². The van der Waals surface area contributed by atoms with E-state index >= 15 is 0 Å². The second-order valence-corrected chi connectivity index (χ2v) is 10.3. The Bertz CT molecular complexity index is 1370. The number of nitrogen functional groups attached to an aromatic ring is 1. The quantitative estimate of drug-likeness (QED) is 0.448. The molecule has 0 amide bonds. The molecule has 0 bridgehead atoms. The van der Waals surface area contributed by atoms with Crippen LogP contribution < -0.4 is 5.73 Å². The summed E-state index contributed by atoms with van der Waals surface area (Å²) >= 11 is 0. The third-order valence-electron chi connectivity index (χ3n) is 6.05. The number of benzene rings is 1. The SMILES string of the molecule is Cc1ccc(C(O)(CO)C(F)(F)F)cc1-c1cnc(N)c(C2CN(S(=O)(=O)c3ccn(C)n3)C2)n1. The van der Waals surface area contributed by atoms with Crippen LogP contribution in [0.15, 0.2) is 41.7 Å². The minimum absolute atomic E-state index is 0.0737. The maximum Gasteiger partial charge on any atom is 0.423 e. The molecule has 14 heteroatoms. The van der Waals surface area contributed by atoms with Gasteiger partial charge in [0.2, 0.25) is 5.60 Å². The number of nitrogens with two attached hydrogens (primary N) is 1. The zero-order chi connectivity index (χ0) is 25.8. The third kappa shape index (κ3) is 4.26. The minimum atomic E-state index is -5.11. The molecule has 0 radical (unpaired) electrons. The number of hydrogen-bond acceptors (Lipinski definition) is 8. The molecule has 10 nitrogen and oxygen atoms in total. The number of aliphatic hydroxyl groups excluding tert-OH is 1. The molecule has 1 aliphatic rings. The van der Waals surface area contributed by atoms with E-state index in [0.29, 0.717) is 11.3 Å². The van der Waals surface area contributed by atoms with Gasteiger partial charge in [-0.1, -0.05) is 12.1 Å². The van der Waals surface area contributed by atoms with Crippen LogP contribution in [0.1, 0.15) is 22.7 Å². The van der Waals surface area contributed by atoms with E-state index in [4.69, 9.17) is 5.73 Å². The first-order valence-corrected chi connectivity index (χ1v) is 11.9. The molecule has 1 aromatic carbocycles. The summed E-state index contributed by atoms with van der Waals surface area (Å²) in [7, 11) is -2.18. The molecule has 0 spiro atoms. The van der Waals surface area contributed by atoms with Crippen LogP contribution in [0.25, 0.3) is 11.3 Å². The van der Waals surface area contributed by atoms with E-state index in [2.05, 4.69) is 15.1 Å². The van der Waals surface area contributed by atoms with Crippen LogP contribution in [-0.4, -0.2) is 68.6 Å². The average molecular weight is 513 g/mol. The molecule has 4 rings (SSSR count). The van der Waals surface area contributed by atoms with Crippen LogP contribution in [0.2, 0.25) is 0 Å². The molecule has 1 atom stereocenters.